The first-order valence-corrected chi connectivity index (χ1v) is 8.31. The van der Waals surface area contributed by atoms with Crippen molar-refractivity contribution in [3.05, 3.63) is 72.3 Å². The Bertz CT molecular complexity index is 818. The summed E-state index contributed by atoms with van der Waals surface area (Å²) in [5, 5.41) is 1.67. The number of para-hydroxylation sites is 1. The van der Waals surface area contributed by atoms with Gasteiger partial charge in [-0.2, -0.15) is 0 Å². The maximum absolute atomic E-state index is 12.6. The molecule has 0 N–H and O–H groups in total. The van der Waals surface area contributed by atoms with E-state index < -0.39 is 0 Å². The van der Waals surface area contributed by atoms with Gasteiger partial charge in [0.2, 0.25) is 5.91 Å². The number of aromatic nitrogens is 1. The van der Waals surface area contributed by atoms with Gasteiger partial charge in [-0.1, -0.05) is 66.4 Å². The zero-order chi connectivity index (χ0) is 16.2. The van der Waals surface area contributed by atoms with Crippen LogP contribution in [0.5, 0.6) is 0 Å². The van der Waals surface area contributed by atoms with E-state index in [1.165, 1.54) is 11.8 Å². The average molecular weight is 322 g/mol. The number of hydrogen-bond donors (Lipinski definition) is 0. The van der Waals surface area contributed by atoms with Crippen LogP contribution in [0.2, 0.25) is 0 Å². The van der Waals surface area contributed by atoms with E-state index in [1.54, 1.807) is 19.0 Å². The standard InChI is InChI=1S/C19H18N2OS/c1-21(2)19(22)18(15-9-4-3-5-10-15)23-17-13-12-14-8-6-7-11-16(14)20-17/h3-13,18H,1-2H3. The molecule has 0 saturated carbocycles. The molecular formula is C19H18N2OS. The molecule has 0 spiro atoms. The van der Waals surface area contributed by atoms with Crippen molar-refractivity contribution in [1.82, 2.24) is 9.88 Å². The number of carbonyl (C=O) groups excluding carboxylic acids is 1. The molecule has 2 aromatic carbocycles. The van der Waals surface area contributed by atoms with E-state index in [9.17, 15) is 4.79 Å². The zero-order valence-electron chi connectivity index (χ0n) is 13.1. The molecule has 0 radical (unpaired) electrons. The largest absolute Gasteiger partial charge is 0.348 e. The number of amides is 1. The molecule has 1 amide bonds. The fourth-order valence-electron chi connectivity index (χ4n) is 2.36. The van der Waals surface area contributed by atoms with Gasteiger partial charge in [0, 0.05) is 19.5 Å². The van der Waals surface area contributed by atoms with Gasteiger partial charge in [0.1, 0.15) is 5.25 Å². The SMILES string of the molecule is CN(C)C(=O)C(Sc1ccc2ccccc2n1)c1ccccc1. The minimum atomic E-state index is -0.292. The molecule has 0 aliphatic carbocycles. The fourth-order valence-corrected chi connectivity index (χ4v) is 3.50. The van der Waals surface area contributed by atoms with Crippen molar-refractivity contribution in [2.45, 2.75) is 10.3 Å². The van der Waals surface area contributed by atoms with Crippen LogP contribution < -0.4 is 0 Å². The zero-order valence-corrected chi connectivity index (χ0v) is 14.0. The van der Waals surface area contributed by atoms with Gasteiger partial charge in [0.15, 0.2) is 0 Å². The first-order valence-electron chi connectivity index (χ1n) is 7.44. The molecule has 0 aliphatic heterocycles. The molecule has 0 fully saturated rings. The summed E-state index contributed by atoms with van der Waals surface area (Å²) in [6.45, 7) is 0. The smallest absolute Gasteiger partial charge is 0.240 e. The molecule has 1 heterocycles. The lowest BCUT2D eigenvalue weighted by Crippen LogP contribution is -2.26. The predicted molar refractivity (Wildman–Crippen MR) is 95.5 cm³/mol. The summed E-state index contributed by atoms with van der Waals surface area (Å²) in [6, 6.07) is 21.9. The lowest BCUT2D eigenvalue weighted by Gasteiger charge is -2.20. The van der Waals surface area contributed by atoms with Crippen LogP contribution in [-0.4, -0.2) is 29.9 Å². The number of hydrogen-bond acceptors (Lipinski definition) is 3. The first kappa shape index (κ1) is 15.6. The Kier molecular flexibility index (Phi) is 4.63. The van der Waals surface area contributed by atoms with Gasteiger partial charge in [-0.15, -0.1) is 0 Å². The molecule has 0 bridgehead atoms. The number of nitrogens with zero attached hydrogens (tertiary/aromatic N) is 2. The summed E-state index contributed by atoms with van der Waals surface area (Å²) in [6.07, 6.45) is 0. The monoisotopic (exact) mass is 322 g/mol. The van der Waals surface area contributed by atoms with E-state index >= 15 is 0 Å². The van der Waals surface area contributed by atoms with Crippen LogP contribution in [0.3, 0.4) is 0 Å². The Hall–Kier alpha value is -2.33. The number of benzene rings is 2. The molecule has 116 valence electrons. The summed E-state index contributed by atoms with van der Waals surface area (Å²) >= 11 is 1.49. The number of likely N-dealkylation sites (N-methyl/N-ethyl adjacent to an activating group) is 1. The van der Waals surface area contributed by atoms with Crippen molar-refractivity contribution < 1.29 is 4.79 Å². The second kappa shape index (κ2) is 6.84. The Morgan fingerprint density at radius 3 is 2.39 bits per heavy atom. The third-order valence-corrected chi connectivity index (χ3v) is 4.76. The number of pyridine rings is 1. The molecule has 0 saturated heterocycles. The average Bonchev–Trinajstić information content (AvgIpc) is 2.59. The summed E-state index contributed by atoms with van der Waals surface area (Å²) in [5.41, 5.74) is 1.94. The van der Waals surface area contributed by atoms with Crippen LogP contribution >= 0.6 is 11.8 Å². The number of carbonyl (C=O) groups is 1. The Morgan fingerprint density at radius 1 is 0.957 bits per heavy atom. The second-order valence-electron chi connectivity index (χ2n) is 5.48. The van der Waals surface area contributed by atoms with Gasteiger partial charge in [-0.05, 0) is 17.7 Å². The molecule has 3 rings (SSSR count). The number of thioether (sulfide) groups is 1. The van der Waals surface area contributed by atoms with Crippen molar-refractivity contribution in [2.24, 2.45) is 0 Å². The molecule has 1 atom stereocenters. The number of rotatable bonds is 4. The minimum absolute atomic E-state index is 0.0659. The van der Waals surface area contributed by atoms with E-state index in [0.29, 0.717) is 0 Å². The summed E-state index contributed by atoms with van der Waals surface area (Å²) in [5.74, 6) is 0.0659. The van der Waals surface area contributed by atoms with Crippen molar-refractivity contribution in [3.63, 3.8) is 0 Å². The van der Waals surface area contributed by atoms with E-state index in [0.717, 1.165) is 21.5 Å². The first-order chi connectivity index (χ1) is 11.1. The van der Waals surface area contributed by atoms with Crippen molar-refractivity contribution in [1.29, 1.82) is 0 Å². The van der Waals surface area contributed by atoms with Gasteiger partial charge in [-0.25, -0.2) is 4.98 Å². The third kappa shape index (κ3) is 3.54. The highest BCUT2D eigenvalue weighted by Gasteiger charge is 2.24. The van der Waals surface area contributed by atoms with Crippen LogP contribution in [-0.2, 0) is 4.79 Å². The highest BCUT2D eigenvalue weighted by atomic mass is 32.2. The maximum Gasteiger partial charge on any atom is 0.240 e. The predicted octanol–water partition coefficient (Wildman–Crippen LogP) is 4.16. The van der Waals surface area contributed by atoms with Crippen LogP contribution in [0.25, 0.3) is 10.9 Å². The van der Waals surface area contributed by atoms with E-state index in [1.807, 2.05) is 66.7 Å². The molecule has 0 aliphatic rings. The normalized spacial score (nSPS) is 12.1. The lowest BCUT2D eigenvalue weighted by atomic mass is 10.1. The van der Waals surface area contributed by atoms with Gasteiger partial charge >= 0.3 is 0 Å². The van der Waals surface area contributed by atoms with Crippen molar-refractivity contribution in [3.8, 4) is 0 Å². The van der Waals surface area contributed by atoms with Gasteiger partial charge in [0.05, 0.1) is 10.5 Å². The Morgan fingerprint density at radius 2 is 1.65 bits per heavy atom. The minimum Gasteiger partial charge on any atom is -0.348 e. The van der Waals surface area contributed by atoms with Crippen LogP contribution in [0.4, 0.5) is 0 Å². The van der Waals surface area contributed by atoms with E-state index in [-0.39, 0.29) is 11.2 Å². The molecule has 3 aromatic rings. The molecular weight excluding hydrogens is 304 g/mol. The third-order valence-electron chi connectivity index (χ3n) is 3.58. The molecule has 1 aromatic heterocycles. The molecule has 1 unspecified atom stereocenters. The van der Waals surface area contributed by atoms with E-state index in [2.05, 4.69) is 4.98 Å². The Balaban J connectivity index is 1.95. The summed E-state index contributed by atoms with van der Waals surface area (Å²) < 4.78 is 0. The van der Waals surface area contributed by atoms with Crippen molar-refractivity contribution in [2.75, 3.05) is 14.1 Å². The number of fused-ring (bicyclic) bond motifs is 1. The summed E-state index contributed by atoms with van der Waals surface area (Å²) in [4.78, 5) is 18.9. The Labute approximate surface area is 140 Å². The lowest BCUT2D eigenvalue weighted by molar-refractivity contribution is -0.128. The molecule has 23 heavy (non-hydrogen) atoms. The van der Waals surface area contributed by atoms with Crippen LogP contribution in [0.15, 0.2) is 71.8 Å². The van der Waals surface area contributed by atoms with Crippen LogP contribution in [0.1, 0.15) is 10.8 Å². The van der Waals surface area contributed by atoms with Crippen molar-refractivity contribution >= 4 is 28.6 Å². The van der Waals surface area contributed by atoms with Crippen LogP contribution in [0, 0.1) is 0 Å². The highest BCUT2D eigenvalue weighted by Crippen LogP contribution is 2.36. The summed E-state index contributed by atoms with van der Waals surface area (Å²) in [7, 11) is 3.57. The topological polar surface area (TPSA) is 33.2 Å². The highest BCUT2D eigenvalue weighted by molar-refractivity contribution is 8.00. The fraction of sp³-hybridized carbons (Fsp3) is 0.158. The second-order valence-corrected chi connectivity index (χ2v) is 6.61. The molecule has 4 heteroatoms. The van der Waals surface area contributed by atoms with E-state index in [4.69, 9.17) is 0 Å². The van der Waals surface area contributed by atoms with Gasteiger partial charge in [0.25, 0.3) is 0 Å². The van der Waals surface area contributed by atoms with Gasteiger partial charge < -0.3 is 4.90 Å². The molecule has 3 nitrogen and oxygen atoms in total. The van der Waals surface area contributed by atoms with Gasteiger partial charge in [-0.3, -0.25) is 4.79 Å². The maximum atomic E-state index is 12.6. The quantitative estimate of drug-likeness (QED) is 0.676.